The Hall–Kier alpha value is -3.50. The number of fused-ring (bicyclic) bond motifs is 1. The van der Waals surface area contributed by atoms with Crippen molar-refractivity contribution >= 4 is 17.4 Å². The van der Waals surface area contributed by atoms with Crippen LogP contribution in [0.5, 0.6) is 0 Å². The molecule has 1 aliphatic heterocycles. The molecule has 0 saturated heterocycles. The Morgan fingerprint density at radius 3 is 2.45 bits per heavy atom. The maximum Gasteiger partial charge on any atom is 0.390 e. The number of anilines is 2. The molecule has 11 heteroatoms. The number of carbonyl (C=O) groups excluding carboxylic acids is 1. The highest BCUT2D eigenvalue weighted by Crippen LogP contribution is 2.41. The minimum absolute atomic E-state index is 0.170. The van der Waals surface area contributed by atoms with Gasteiger partial charge in [0.25, 0.3) is 5.91 Å². The van der Waals surface area contributed by atoms with Crippen molar-refractivity contribution in [2.75, 3.05) is 23.4 Å². The first-order valence-corrected chi connectivity index (χ1v) is 10.3. The highest BCUT2D eigenvalue weighted by Gasteiger charge is 2.47. The summed E-state index contributed by atoms with van der Waals surface area (Å²) >= 11 is 0. The summed E-state index contributed by atoms with van der Waals surface area (Å²) in [5.74, 6) is 0.118. The Kier molecular flexibility index (Phi) is 5.59. The van der Waals surface area contributed by atoms with Crippen molar-refractivity contribution in [1.29, 1.82) is 0 Å². The van der Waals surface area contributed by atoms with Crippen LogP contribution >= 0.6 is 0 Å². The van der Waals surface area contributed by atoms with Gasteiger partial charge in [-0.2, -0.15) is 18.2 Å². The molecule has 0 bridgehead atoms. The summed E-state index contributed by atoms with van der Waals surface area (Å²) in [4.78, 5) is 29.1. The predicted molar refractivity (Wildman–Crippen MR) is 115 cm³/mol. The van der Waals surface area contributed by atoms with Crippen LogP contribution in [0.2, 0.25) is 0 Å². The summed E-state index contributed by atoms with van der Waals surface area (Å²) in [7, 11) is 1.56. The first-order valence-electron chi connectivity index (χ1n) is 10.3. The molecule has 7 nitrogen and oxygen atoms in total. The number of hydrogen-bond acceptors (Lipinski definition) is 5. The van der Waals surface area contributed by atoms with Crippen molar-refractivity contribution in [3.8, 4) is 17.3 Å². The smallest absolute Gasteiger partial charge is 0.340 e. The molecule has 1 atom stereocenters. The molecular weight excluding hydrogens is 440 g/mol. The van der Waals surface area contributed by atoms with E-state index in [4.69, 9.17) is 0 Å². The fourth-order valence-electron chi connectivity index (χ4n) is 3.94. The fourth-order valence-corrected chi connectivity index (χ4v) is 3.94. The molecule has 4 rings (SSSR count). The van der Waals surface area contributed by atoms with Crippen LogP contribution in [0.1, 0.15) is 26.7 Å². The molecule has 1 aromatic carbocycles. The number of halogens is 4. The zero-order chi connectivity index (χ0) is 24.0. The van der Waals surface area contributed by atoms with Crippen molar-refractivity contribution in [3.05, 3.63) is 48.7 Å². The van der Waals surface area contributed by atoms with Crippen LogP contribution in [0, 0.1) is 5.82 Å². The maximum absolute atomic E-state index is 13.3. The molecule has 3 aromatic rings. The second-order valence-corrected chi connectivity index (χ2v) is 8.01. The summed E-state index contributed by atoms with van der Waals surface area (Å²) in [6.45, 7) is 2.95. The number of carbonyl (C=O) groups is 1. The normalized spacial score (nSPS) is 18.6. The van der Waals surface area contributed by atoms with E-state index >= 15 is 0 Å². The number of benzene rings is 1. The molecule has 33 heavy (non-hydrogen) atoms. The van der Waals surface area contributed by atoms with Gasteiger partial charge >= 0.3 is 6.18 Å². The number of aromatic nitrogens is 4. The topological polar surface area (TPSA) is 67.2 Å². The number of hydrogen-bond donors (Lipinski definition) is 0. The zero-order valence-electron chi connectivity index (χ0n) is 18.3. The average molecular weight is 462 g/mol. The molecule has 174 valence electrons. The summed E-state index contributed by atoms with van der Waals surface area (Å²) in [6, 6.07) is 5.72. The molecule has 1 aliphatic rings. The summed E-state index contributed by atoms with van der Waals surface area (Å²) in [5, 5.41) is 0. The van der Waals surface area contributed by atoms with Gasteiger partial charge in [0.2, 0.25) is 5.95 Å². The highest BCUT2D eigenvalue weighted by atomic mass is 19.4. The van der Waals surface area contributed by atoms with Crippen molar-refractivity contribution < 1.29 is 22.4 Å². The number of rotatable bonds is 5. The lowest BCUT2D eigenvalue weighted by molar-refractivity contribution is -0.134. The quantitative estimate of drug-likeness (QED) is 0.527. The minimum Gasteiger partial charge on any atom is -0.340 e. The lowest BCUT2D eigenvalue weighted by Gasteiger charge is -2.47. The molecule has 1 amide bonds. The fraction of sp³-hybridized carbons (Fsp3) is 0.364. The molecular formula is C22H22F4N6O. The number of likely N-dealkylation sites (N-methyl/N-ethyl adjacent to an activating group) is 1. The Labute approximate surface area is 187 Å². The number of nitrogens with zero attached hydrogens (tertiary/aromatic N) is 6. The van der Waals surface area contributed by atoms with Gasteiger partial charge in [-0.15, -0.1) is 0 Å². The lowest BCUT2D eigenvalue weighted by Crippen LogP contribution is -2.61. The average Bonchev–Trinajstić information content (AvgIpc) is 3.27. The van der Waals surface area contributed by atoms with Gasteiger partial charge in [-0.25, -0.2) is 14.4 Å². The molecule has 0 radical (unpaired) electrons. The molecule has 0 unspecified atom stereocenters. The van der Waals surface area contributed by atoms with Crippen LogP contribution in [0.25, 0.3) is 17.3 Å². The van der Waals surface area contributed by atoms with Crippen LogP contribution < -0.4 is 9.80 Å². The minimum atomic E-state index is -4.39. The first-order chi connectivity index (χ1) is 15.5. The number of alkyl halides is 3. The van der Waals surface area contributed by atoms with Crippen molar-refractivity contribution in [3.63, 3.8) is 0 Å². The Morgan fingerprint density at radius 2 is 1.82 bits per heavy atom. The highest BCUT2D eigenvalue weighted by molar-refractivity contribution is 6.07. The van der Waals surface area contributed by atoms with Crippen LogP contribution in [-0.2, 0) is 4.79 Å². The molecule has 0 N–H and O–H groups in total. The summed E-state index contributed by atoms with van der Waals surface area (Å²) < 4.78 is 54.2. The van der Waals surface area contributed by atoms with Crippen molar-refractivity contribution in [1.82, 2.24) is 19.5 Å². The number of amides is 1. The van der Waals surface area contributed by atoms with E-state index in [1.54, 1.807) is 43.8 Å². The third-order valence-electron chi connectivity index (χ3n) is 5.98. The van der Waals surface area contributed by atoms with Gasteiger partial charge in [-0.1, -0.05) is 6.92 Å². The molecule has 0 saturated carbocycles. The third-order valence-corrected chi connectivity index (χ3v) is 5.98. The number of imidazole rings is 1. The molecule has 0 aliphatic carbocycles. The second-order valence-electron chi connectivity index (χ2n) is 8.01. The third kappa shape index (κ3) is 4.03. The summed E-state index contributed by atoms with van der Waals surface area (Å²) in [5.41, 5.74) is -0.268. The molecule has 0 spiro atoms. The zero-order valence-corrected chi connectivity index (χ0v) is 18.3. The van der Waals surface area contributed by atoms with E-state index in [-0.39, 0.29) is 17.7 Å². The van der Waals surface area contributed by atoms with Gasteiger partial charge in [0.15, 0.2) is 5.82 Å². The van der Waals surface area contributed by atoms with E-state index in [9.17, 15) is 22.4 Å². The predicted octanol–water partition coefficient (Wildman–Crippen LogP) is 4.37. The van der Waals surface area contributed by atoms with Crippen molar-refractivity contribution in [2.45, 2.75) is 38.4 Å². The van der Waals surface area contributed by atoms with Crippen LogP contribution in [-0.4, -0.2) is 50.7 Å². The molecule has 2 aromatic heterocycles. The first kappa shape index (κ1) is 22.7. The molecule has 3 heterocycles. The van der Waals surface area contributed by atoms with Gasteiger partial charge in [0.1, 0.15) is 22.9 Å². The van der Waals surface area contributed by atoms with E-state index in [0.29, 0.717) is 23.5 Å². The van der Waals surface area contributed by atoms with E-state index < -0.39 is 30.5 Å². The SMILES string of the molecule is CC[C@]1(C)C(=O)N(C)c2cnc(-n3ccnc3-c3ccc(F)cc3)nc2N1CCC(F)(F)F. The van der Waals surface area contributed by atoms with Gasteiger partial charge in [0.05, 0.1) is 12.6 Å². The van der Waals surface area contributed by atoms with Gasteiger partial charge in [-0.05, 0) is 37.6 Å². The maximum atomic E-state index is 13.3. The van der Waals surface area contributed by atoms with Crippen molar-refractivity contribution in [2.24, 2.45) is 0 Å². The standard InChI is InChI=1S/C22H22F4N6O/c1-4-21(2)19(33)30(3)16-13-28-20(29-18(16)32(21)11-9-22(24,25)26)31-12-10-27-17(31)14-5-7-15(23)8-6-14/h5-8,10,12-13H,4,9,11H2,1-3H3/t21-/m1/s1. The van der Waals surface area contributed by atoms with Crippen LogP contribution in [0.3, 0.4) is 0 Å². The van der Waals surface area contributed by atoms with Gasteiger partial charge in [-0.3, -0.25) is 9.36 Å². The largest absolute Gasteiger partial charge is 0.390 e. The molecule has 0 fully saturated rings. The van der Waals surface area contributed by atoms with E-state index in [0.717, 1.165) is 0 Å². The monoisotopic (exact) mass is 462 g/mol. The van der Waals surface area contributed by atoms with Crippen LogP contribution in [0.4, 0.5) is 29.1 Å². The summed E-state index contributed by atoms with van der Waals surface area (Å²) in [6.07, 6.45) is -0.647. The van der Waals surface area contributed by atoms with E-state index in [1.165, 1.54) is 34.3 Å². The Bertz CT molecular complexity index is 1180. The lowest BCUT2D eigenvalue weighted by atomic mass is 9.91. The van der Waals surface area contributed by atoms with Crippen LogP contribution in [0.15, 0.2) is 42.9 Å². The Balaban J connectivity index is 1.83. The Morgan fingerprint density at radius 1 is 1.12 bits per heavy atom. The second kappa shape index (κ2) is 8.13. The van der Waals surface area contributed by atoms with Gasteiger partial charge in [0, 0.05) is 31.5 Å². The van der Waals surface area contributed by atoms with E-state index in [2.05, 4.69) is 15.0 Å². The van der Waals surface area contributed by atoms with E-state index in [1.807, 2.05) is 0 Å². The van der Waals surface area contributed by atoms with Gasteiger partial charge < -0.3 is 9.80 Å².